The third-order valence-electron chi connectivity index (χ3n) is 3.13. The molecule has 0 amide bonds. The van der Waals surface area contributed by atoms with Crippen molar-refractivity contribution in [3.8, 4) is 0 Å². The third kappa shape index (κ3) is 5.15. The second-order valence-electron chi connectivity index (χ2n) is 4.43. The SMILES string of the molecule is CN(CC1CCCNC1)c1ccccc1.Cl.Cl. The van der Waals surface area contributed by atoms with Crippen LogP contribution in [0.3, 0.4) is 0 Å². The number of para-hydroxylation sites is 1. The number of halogens is 2. The van der Waals surface area contributed by atoms with Crippen molar-refractivity contribution in [1.29, 1.82) is 0 Å². The molecule has 1 unspecified atom stereocenters. The minimum atomic E-state index is 0. The Morgan fingerprint density at radius 1 is 1.24 bits per heavy atom. The van der Waals surface area contributed by atoms with Crippen LogP contribution < -0.4 is 10.2 Å². The molecule has 1 aliphatic rings. The molecule has 1 atom stereocenters. The molecule has 1 aliphatic heterocycles. The lowest BCUT2D eigenvalue weighted by Gasteiger charge is -2.28. The van der Waals surface area contributed by atoms with Gasteiger partial charge in [0, 0.05) is 19.3 Å². The van der Waals surface area contributed by atoms with Crippen molar-refractivity contribution in [2.24, 2.45) is 5.92 Å². The summed E-state index contributed by atoms with van der Waals surface area (Å²) in [5.74, 6) is 0.809. The van der Waals surface area contributed by atoms with Crippen molar-refractivity contribution >= 4 is 30.5 Å². The number of hydrogen-bond donors (Lipinski definition) is 1. The normalized spacial score (nSPS) is 18.8. The lowest BCUT2D eigenvalue weighted by molar-refractivity contribution is 0.381. The van der Waals surface area contributed by atoms with Crippen LogP contribution in [0.4, 0.5) is 5.69 Å². The van der Waals surface area contributed by atoms with Crippen LogP contribution in [0.25, 0.3) is 0 Å². The van der Waals surface area contributed by atoms with Gasteiger partial charge >= 0.3 is 0 Å². The zero-order valence-corrected chi connectivity index (χ0v) is 11.9. The van der Waals surface area contributed by atoms with Gasteiger partial charge in [0.15, 0.2) is 0 Å². The maximum atomic E-state index is 3.46. The molecule has 4 heteroatoms. The zero-order chi connectivity index (χ0) is 10.5. The second-order valence-corrected chi connectivity index (χ2v) is 4.43. The van der Waals surface area contributed by atoms with Crippen molar-refractivity contribution in [2.75, 3.05) is 31.6 Å². The summed E-state index contributed by atoms with van der Waals surface area (Å²) < 4.78 is 0. The van der Waals surface area contributed by atoms with Crippen LogP contribution in [0, 0.1) is 5.92 Å². The summed E-state index contributed by atoms with van der Waals surface area (Å²) in [6.07, 6.45) is 2.69. The Morgan fingerprint density at radius 2 is 1.94 bits per heavy atom. The van der Waals surface area contributed by atoms with Gasteiger partial charge in [0.1, 0.15) is 0 Å². The molecule has 17 heavy (non-hydrogen) atoms. The van der Waals surface area contributed by atoms with Gasteiger partial charge in [0.2, 0.25) is 0 Å². The van der Waals surface area contributed by atoms with E-state index in [4.69, 9.17) is 0 Å². The van der Waals surface area contributed by atoms with Crippen molar-refractivity contribution in [3.63, 3.8) is 0 Å². The van der Waals surface area contributed by atoms with E-state index in [9.17, 15) is 0 Å². The molecule has 1 aromatic carbocycles. The summed E-state index contributed by atoms with van der Waals surface area (Å²) in [6, 6.07) is 10.6. The van der Waals surface area contributed by atoms with Gasteiger partial charge in [-0.15, -0.1) is 24.8 Å². The molecular weight excluding hydrogens is 255 g/mol. The van der Waals surface area contributed by atoms with Crippen LogP contribution in [0.5, 0.6) is 0 Å². The highest BCUT2D eigenvalue weighted by molar-refractivity contribution is 5.85. The van der Waals surface area contributed by atoms with Gasteiger partial charge in [-0.25, -0.2) is 0 Å². The topological polar surface area (TPSA) is 15.3 Å². The predicted octanol–water partition coefficient (Wildman–Crippen LogP) is 2.97. The molecule has 2 rings (SSSR count). The van der Waals surface area contributed by atoms with Crippen molar-refractivity contribution in [1.82, 2.24) is 5.32 Å². The van der Waals surface area contributed by atoms with Crippen LogP contribution >= 0.6 is 24.8 Å². The fraction of sp³-hybridized carbons (Fsp3) is 0.538. The van der Waals surface area contributed by atoms with Gasteiger partial charge in [0.05, 0.1) is 0 Å². The largest absolute Gasteiger partial charge is 0.374 e. The number of piperidine rings is 1. The van der Waals surface area contributed by atoms with Crippen LogP contribution in [-0.4, -0.2) is 26.7 Å². The van der Waals surface area contributed by atoms with Gasteiger partial charge < -0.3 is 10.2 Å². The highest BCUT2D eigenvalue weighted by Crippen LogP contribution is 2.16. The monoisotopic (exact) mass is 276 g/mol. The minimum Gasteiger partial charge on any atom is -0.374 e. The number of anilines is 1. The second kappa shape index (κ2) is 8.62. The molecule has 0 bridgehead atoms. The van der Waals surface area contributed by atoms with Gasteiger partial charge in [-0.05, 0) is 44.0 Å². The molecule has 98 valence electrons. The first-order chi connectivity index (χ1) is 7.36. The molecule has 1 heterocycles. The Labute approximate surface area is 117 Å². The van der Waals surface area contributed by atoms with Gasteiger partial charge in [-0.2, -0.15) is 0 Å². The van der Waals surface area contributed by atoms with E-state index in [-0.39, 0.29) is 24.8 Å². The zero-order valence-electron chi connectivity index (χ0n) is 10.3. The molecular formula is C13H22Cl2N2. The Hall–Kier alpha value is -0.440. The molecule has 1 saturated heterocycles. The number of rotatable bonds is 3. The fourth-order valence-corrected chi connectivity index (χ4v) is 2.26. The first-order valence-electron chi connectivity index (χ1n) is 5.83. The number of nitrogens with one attached hydrogen (secondary N) is 1. The van der Waals surface area contributed by atoms with Gasteiger partial charge in [0.25, 0.3) is 0 Å². The highest BCUT2D eigenvalue weighted by Gasteiger charge is 2.14. The molecule has 0 aromatic heterocycles. The Kier molecular flexibility index (Phi) is 8.40. The van der Waals surface area contributed by atoms with E-state index in [1.807, 2.05) is 0 Å². The lowest BCUT2D eigenvalue weighted by Crippen LogP contribution is -2.36. The summed E-state index contributed by atoms with van der Waals surface area (Å²) >= 11 is 0. The predicted molar refractivity (Wildman–Crippen MR) is 79.8 cm³/mol. The summed E-state index contributed by atoms with van der Waals surface area (Å²) in [6.45, 7) is 3.54. The Bertz CT molecular complexity index is 287. The fourth-order valence-electron chi connectivity index (χ4n) is 2.26. The molecule has 1 N–H and O–H groups in total. The van der Waals surface area contributed by atoms with E-state index in [0.717, 1.165) is 12.5 Å². The van der Waals surface area contributed by atoms with Gasteiger partial charge in [-0.1, -0.05) is 18.2 Å². The quantitative estimate of drug-likeness (QED) is 0.913. The number of nitrogens with zero attached hydrogens (tertiary/aromatic N) is 1. The van der Waals surface area contributed by atoms with E-state index in [1.54, 1.807) is 0 Å². The summed E-state index contributed by atoms with van der Waals surface area (Å²) in [4.78, 5) is 2.36. The third-order valence-corrected chi connectivity index (χ3v) is 3.13. The van der Waals surface area contributed by atoms with E-state index in [0.29, 0.717) is 0 Å². The standard InChI is InChI=1S/C13H20N2.2ClH/c1-15(13-7-3-2-4-8-13)11-12-6-5-9-14-10-12;;/h2-4,7-8,12,14H,5-6,9-11H2,1H3;2*1H. The highest BCUT2D eigenvalue weighted by atomic mass is 35.5. The van der Waals surface area contributed by atoms with Crippen LogP contribution in [0.1, 0.15) is 12.8 Å². The van der Waals surface area contributed by atoms with Gasteiger partial charge in [-0.3, -0.25) is 0 Å². The van der Waals surface area contributed by atoms with E-state index in [1.165, 1.54) is 31.6 Å². The minimum absolute atomic E-state index is 0. The molecule has 1 fully saturated rings. The Morgan fingerprint density at radius 3 is 2.53 bits per heavy atom. The van der Waals surface area contributed by atoms with Crippen LogP contribution in [0.15, 0.2) is 30.3 Å². The summed E-state index contributed by atoms with van der Waals surface area (Å²) in [5.41, 5.74) is 1.32. The molecule has 2 nitrogen and oxygen atoms in total. The maximum Gasteiger partial charge on any atom is 0.0363 e. The van der Waals surface area contributed by atoms with E-state index < -0.39 is 0 Å². The maximum absolute atomic E-state index is 3.46. The molecule has 0 aliphatic carbocycles. The van der Waals surface area contributed by atoms with E-state index >= 15 is 0 Å². The number of hydrogen-bond acceptors (Lipinski definition) is 2. The van der Waals surface area contributed by atoms with Crippen LogP contribution in [0.2, 0.25) is 0 Å². The average Bonchev–Trinajstić information content (AvgIpc) is 2.31. The van der Waals surface area contributed by atoms with Crippen molar-refractivity contribution in [2.45, 2.75) is 12.8 Å². The molecule has 0 spiro atoms. The Balaban J connectivity index is 0.00000128. The van der Waals surface area contributed by atoms with Crippen LogP contribution in [-0.2, 0) is 0 Å². The smallest absolute Gasteiger partial charge is 0.0363 e. The first-order valence-corrected chi connectivity index (χ1v) is 5.83. The molecule has 0 saturated carbocycles. The van der Waals surface area contributed by atoms with Crippen molar-refractivity contribution in [3.05, 3.63) is 30.3 Å². The summed E-state index contributed by atoms with van der Waals surface area (Å²) in [7, 11) is 2.18. The number of benzene rings is 1. The molecule has 1 aromatic rings. The average molecular weight is 277 g/mol. The molecule has 0 radical (unpaired) electrons. The van der Waals surface area contributed by atoms with Crippen molar-refractivity contribution < 1.29 is 0 Å². The van der Waals surface area contributed by atoms with E-state index in [2.05, 4.69) is 47.6 Å². The summed E-state index contributed by atoms with van der Waals surface area (Å²) in [5, 5.41) is 3.46. The first kappa shape index (κ1) is 16.6. The lowest BCUT2D eigenvalue weighted by atomic mass is 9.99.